The summed E-state index contributed by atoms with van der Waals surface area (Å²) in [6.07, 6.45) is 0.170. The molecule has 2 aliphatic heterocycles. The van der Waals surface area contributed by atoms with E-state index in [9.17, 15) is 19.1 Å². The number of aromatic carboxylic acids is 1. The minimum absolute atomic E-state index is 0.0280. The van der Waals surface area contributed by atoms with Crippen molar-refractivity contribution in [2.24, 2.45) is 0 Å². The van der Waals surface area contributed by atoms with E-state index in [0.29, 0.717) is 38.4 Å². The van der Waals surface area contributed by atoms with Crippen LogP contribution in [0.4, 0.5) is 8.78 Å². The number of hydrogen-bond donors (Lipinski definition) is 3. The molecule has 2 aliphatic rings. The maximum absolute atomic E-state index is 15.4. The molecule has 5 rings (SSSR count). The summed E-state index contributed by atoms with van der Waals surface area (Å²) in [5.74, 6) is -2.80. The Balaban J connectivity index is 1.69. The van der Waals surface area contributed by atoms with Gasteiger partial charge in [0.2, 0.25) is 5.43 Å². The number of fused-ring (bicyclic) bond motifs is 1. The lowest BCUT2D eigenvalue weighted by atomic mass is 10.0. The zero-order chi connectivity index (χ0) is 23.8. The lowest BCUT2D eigenvalue weighted by molar-refractivity contribution is 0.0256. The molecule has 2 atom stereocenters. The maximum atomic E-state index is 15.4. The van der Waals surface area contributed by atoms with Gasteiger partial charge in [0, 0.05) is 43.3 Å². The molecule has 3 heterocycles. The first kappa shape index (κ1) is 22.6. The van der Waals surface area contributed by atoms with Crippen molar-refractivity contribution in [1.29, 1.82) is 0 Å². The van der Waals surface area contributed by atoms with E-state index in [1.807, 2.05) is 0 Å². The summed E-state index contributed by atoms with van der Waals surface area (Å²) in [6, 6.07) is 6.95. The monoisotopic (exact) mass is 471 g/mol. The van der Waals surface area contributed by atoms with Crippen molar-refractivity contribution in [2.45, 2.75) is 12.2 Å². The fourth-order valence-electron chi connectivity index (χ4n) is 4.42. The highest BCUT2D eigenvalue weighted by Crippen LogP contribution is 2.29. The van der Waals surface area contributed by atoms with Gasteiger partial charge in [0.15, 0.2) is 0 Å². The molecule has 1 aromatic heterocycles. The second-order valence-electron chi connectivity index (χ2n) is 8.28. The fourth-order valence-corrected chi connectivity index (χ4v) is 4.42. The van der Waals surface area contributed by atoms with Crippen LogP contribution in [0.15, 0.2) is 41.3 Å². The fraction of sp³-hybridized carbons (Fsp3) is 0.333. The van der Waals surface area contributed by atoms with Crippen molar-refractivity contribution in [1.82, 2.24) is 15.2 Å². The van der Waals surface area contributed by atoms with E-state index in [-0.39, 0.29) is 28.3 Å². The Morgan fingerprint density at radius 3 is 2.32 bits per heavy atom. The summed E-state index contributed by atoms with van der Waals surface area (Å²) in [5.41, 5.74) is -0.382. The number of morpholine rings is 2. The second-order valence-corrected chi connectivity index (χ2v) is 8.28. The molecular weight excluding hydrogens is 448 g/mol. The van der Waals surface area contributed by atoms with Gasteiger partial charge in [0.25, 0.3) is 0 Å². The zero-order valence-corrected chi connectivity index (χ0v) is 18.1. The Bertz CT molecular complexity index is 1310. The van der Waals surface area contributed by atoms with Crippen LogP contribution in [0.3, 0.4) is 0 Å². The number of rotatable bonds is 4. The first-order chi connectivity index (χ1) is 16.4. The predicted octanol–water partition coefficient (Wildman–Crippen LogP) is 2.29. The van der Waals surface area contributed by atoms with E-state index in [1.54, 1.807) is 6.07 Å². The summed E-state index contributed by atoms with van der Waals surface area (Å²) in [4.78, 5) is 24.6. The van der Waals surface area contributed by atoms with Crippen LogP contribution in [0.5, 0.6) is 0 Å². The third-order valence-corrected chi connectivity index (χ3v) is 6.16. The van der Waals surface area contributed by atoms with Gasteiger partial charge in [-0.3, -0.25) is 4.79 Å². The van der Waals surface area contributed by atoms with Crippen LogP contribution in [-0.2, 0) is 9.47 Å². The highest BCUT2D eigenvalue weighted by atomic mass is 19.1. The number of aromatic nitrogens is 1. The molecule has 0 spiro atoms. The van der Waals surface area contributed by atoms with Crippen molar-refractivity contribution in [3.63, 3.8) is 0 Å². The molecule has 178 valence electrons. The summed E-state index contributed by atoms with van der Waals surface area (Å²) in [5, 5.41) is 15.7. The van der Waals surface area contributed by atoms with Gasteiger partial charge in [0.1, 0.15) is 17.2 Å². The van der Waals surface area contributed by atoms with Crippen molar-refractivity contribution in [3.05, 3.63) is 75.1 Å². The molecule has 2 saturated heterocycles. The number of ether oxygens (including phenoxy) is 2. The van der Waals surface area contributed by atoms with Crippen LogP contribution in [-0.4, -0.2) is 55.0 Å². The number of carboxylic acid groups (broad SMARTS) is 1. The third kappa shape index (κ3) is 4.09. The van der Waals surface area contributed by atoms with Crippen LogP contribution in [0.1, 0.15) is 33.7 Å². The number of hydrogen-bond acceptors (Lipinski definition) is 6. The largest absolute Gasteiger partial charge is 0.477 e. The van der Waals surface area contributed by atoms with Crippen LogP contribution in [0.25, 0.3) is 16.6 Å². The van der Waals surface area contributed by atoms with E-state index in [4.69, 9.17) is 9.47 Å². The highest BCUT2D eigenvalue weighted by Gasteiger charge is 2.24. The van der Waals surface area contributed by atoms with Crippen LogP contribution >= 0.6 is 0 Å². The van der Waals surface area contributed by atoms with E-state index in [2.05, 4.69) is 10.6 Å². The van der Waals surface area contributed by atoms with Gasteiger partial charge < -0.3 is 29.8 Å². The third-order valence-electron chi connectivity index (χ3n) is 6.16. The molecule has 0 saturated carbocycles. The van der Waals surface area contributed by atoms with E-state index >= 15 is 4.39 Å². The van der Waals surface area contributed by atoms with Gasteiger partial charge in [-0.15, -0.1) is 0 Å². The number of benzene rings is 2. The van der Waals surface area contributed by atoms with Gasteiger partial charge in [0.05, 0.1) is 36.6 Å². The molecule has 0 radical (unpaired) electrons. The topological polar surface area (TPSA) is 102 Å². The summed E-state index contributed by atoms with van der Waals surface area (Å²) < 4.78 is 43.0. The SMILES string of the molecule is O=C(O)c1cn(-c2ccc(C3CNCCO3)cc2F)c2cc(C3CNCCO3)c(F)cc2c1=O. The lowest BCUT2D eigenvalue weighted by Crippen LogP contribution is -2.34. The number of carbonyl (C=O) groups is 1. The van der Waals surface area contributed by atoms with Crippen molar-refractivity contribution in [3.8, 4) is 5.69 Å². The van der Waals surface area contributed by atoms with Crippen molar-refractivity contribution in [2.75, 3.05) is 39.4 Å². The van der Waals surface area contributed by atoms with Crippen LogP contribution < -0.4 is 16.1 Å². The Hall–Kier alpha value is -3.18. The molecule has 34 heavy (non-hydrogen) atoms. The first-order valence-corrected chi connectivity index (χ1v) is 11.0. The quantitative estimate of drug-likeness (QED) is 0.537. The Labute approximate surface area is 193 Å². The Morgan fingerprint density at radius 2 is 1.71 bits per heavy atom. The summed E-state index contributed by atoms with van der Waals surface area (Å²) in [7, 11) is 0. The molecule has 0 aliphatic carbocycles. The first-order valence-electron chi connectivity index (χ1n) is 11.0. The smallest absolute Gasteiger partial charge is 0.341 e. The minimum atomic E-state index is -1.48. The van der Waals surface area contributed by atoms with E-state index in [0.717, 1.165) is 18.8 Å². The van der Waals surface area contributed by atoms with Gasteiger partial charge >= 0.3 is 5.97 Å². The number of pyridine rings is 1. The lowest BCUT2D eigenvalue weighted by Gasteiger charge is -2.25. The molecular formula is C24H23F2N3O5. The number of nitrogens with zero attached hydrogens (tertiary/aromatic N) is 1. The number of carboxylic acids is 1. The van der Waals surface area contributed by atoms with Gasteiger partial charge in [-0.25, -0.2) is 13.6 Å². The molecule has 2 fully saturated rings. The zero-order valence-electron chi connectivity index (χ0n) is 18.1. The Kier molecular flexibility index (Phi) is 6.13. The standard InChI is InChI=1S/C24H23F2N3O5/c25-17-8-15-20(9-14(17)22-11-28-4-6-34-22)29(12-16(23(15)30)24(31)32)19-2-1-13(7-18(19)26)21-10-27-3-5-33-21/h1-2,7-9,12,21-22,27-28H,3-6,10-11H2,(H,31,32). The van der Waals surface area contributed by atoms with E-state index in [1.165, 1.54) is 22.8 Å². The summed E-state index contributed by atoms with van der Waals surface area (Å²) in [6.45, 7) is 3.17. The molecule has 2 aromatic carbocycles. The molecule has 0 amide bonds. The maximum Gasteiger partial charge on any atom is 0.341 e. The minimum Gasteiger partial charge on any atom is -0.477 e. The number of nitrogens with one attached hydrogen (secondary N) is 2. The van der Waals surface area contributed by atoms with Crippen molar-refractivity contribution >= 4 is 16.9 Å². The average molecular weight is 471 g/mol. The molecule has 0 bridgehead atoms. The van der Waals surface area contributed by atoms with Gasteiger partial charge in [-0.05, 0) is 29.8 Å². The molecule has 2 unspecified atom stereocenters. The normalized spacial score (nSPS) is 21.0. The van der Waals surface area contributed by atoms with Gasteiger partial charge in [-0.1, -0.05) is 6.07 Å². The average Bonchev–Trinajstić information content (AvgIpc) is 2.85. The molecule has 3 aromatic rings. The molecule has 8 nitrogen and oxygen atoms in total. The summed E-state index contributed by atoms with van der Waals surface area (Å²) >= 11 is 0. The van der Waals surface area contributed by atoms with Crippen LogP contribution in [0, 0.1) is 11.6 Å². The van der Waals surface area contributed by atoms with Crippen molar-refractivity contribution < 1.29 is 28.2 Å². The number of halogens is 2. The highest BCUT2D eigenvalue weighted by molar-refractivity contribution is 5.93. The van der Waals surface area contributed by atoms with Crippen LogP contribution in [0.2, 0.25) is 0 Å². The van der Waals surface area contributed by atoms with Gasteiger partial charge in [-0.2, -0.15) is 0 Å². The Morgan fingerprint density at radius 1 is 1.00 bits per heavy atom. The molecule has 10 heteroatoms. The second kappa shape index (κ2) is 9.22. The molecule has 3 N–H and O–H groups in total. The van der Waals surface area contributed by atoms with E-state index < -0.39 is 34.7 Å². The predicted molar refractivity (Wildman–Crippen MR) is 120 cm³/mol.